The average Bonchev–Trinajstić information content (AvgIpc) is 3.27. The van der Waals surface area contributed by atoms with Crippen LogP contribution < -0.4 is 4.74 Å². The summed E-state index contributed by atoms with van der Waals surface area (Å²) in [5, 5.41) is 0.836. The van der Waals surface area contributed by atoms with Gasteiger partial charge in [-0.3, -0.25) is 4.79 Å². The van der Waals surface area contributed by atoms with Crippen LogP contribution in [-0.2, 0) is 6.54 Å². The number of hydrogen-bond acceptors (Lipinski definition) is 6. The number of carbonyl (C=O) groups is 1. The van der Waals surface area contributed by atoms with Gasteiger partial charge in [0.1, 0.15) is 11.6 Å². The molecule has 0 spiro atoms. The van der Waals surface area contributed by atoms with E-state index in [1.807, 2.05) is 35.7 Å². The number of piperidine rings is 1. The molecule has 3 aromatic rings. The van der Waals surface area contributed by atoms with Crippen molar-refractivity contribution >= 4 is 29.3 Å². The minimum absolute atomic E-state index is 0.136. The number of carbonyl (C=O) groups excluding carboxylic acids is 1. The molecule has 0 atom stereocenters. The normalized spacial score (nSPS) is 14.6. The zero-order chi connectivity index (χ0) is 21.8. The lowest BCUT2D eigenvalue weighted by Crippen LogP contribution is -2.39. The number of aromatic nitrogens is 4. The van der Waals surface area contributed by atoms with E-state index in [2.05, 4.69) is 31.7 Å². The molecular weight excluding hydrogens is 434 g/mol. The van der Waals surface area contributed by atoms with Gasteiger partial charge in [-0.05, 0) is 36.8 Å². The van der Waals surface area contributed by atoms with Gasteiger partial charge >= 0.3 is 0 Å². The summed E-state index contributed by atoms with van der Waals surface area (Å²) in [6.45, 7) is 2.05. The van der Waals surface area contributed by atoms with Crippen LogP contribution in [-0.4, -0.2) is 56.8 Å². The third kappa shape index (κ3) is 4.85. The van der Waals surface area contributed by atoms with Crippen molar-refractivity contribution < 1.29 is 9.53 Å². The first-order chi connectivity index (χ1) is 15.1. The van der Waals surface area contributed by atoms with E-state index in [0.29, 0.717) is 29.2 Å². The summed E-state index contributed by atoms with van der Waals surface area (Å²) in [6.07, 6.45) is 8.93. The van der Waals surface area contributed by atoms with E-state index in [9.17, 15) is 4.79 Å². The minimum atomic E-state index is -0.136. The molecule has 1 aliphatic heterocycles. The lowest BCUT2D eigenvalue weighted by atomic mass is 9.95. The zero-order valence-corrected chi connectivity index (χ0v) is 19.1. The van der Waals surface area contributed by atoms with Crippen LogP contribution in [0.3, 0.4) is 0 Å². The molecule has 4 rings (SSSR count). The van der Waals surface area contributed by atoms with E-state index in [0.717, 1.165) is 31.0 Å². The topological polar surface area (TPSA) is 73.1 Å². The molecule has 1 aromatic carbocycles. The maximum atomic E-state index is 13.0. The Hall–Kier alpha value is -2.58. The maximum absolute atomic E-state index is 13.0. The van der Waals surface area contributed by atoms with Crippen molar-refractivity contribution in [2.45, 2.75) is 30.5 Å². The van der Waals surface area contributed by atoms with Gasteiger partial charge in [0.15, 0.2) is 10.9 Å². The summed E-state index contributed by atoms with van der Waals surface area (Å²) < 4.78 is 7.43. The van der Waals surface area contributed by atoms with Gasteiger partial charge in [-0.15, -0.1) is 0 Å². The molecule has 3 heterocycles. The van der Waals surface area contributed by atoms with Crippen LogP contribution in [0.25, 0.3) is 0 Å². The monoisotopic (exact) mass is 457 g/mol. The molecule has 31 heavy (non-hydrogen) atoms. The Bertz CT molecular complexity index is 1050. The highest BCUT2D eigenvalue weighted by molar-refractivity contribution is 7.98. The third-order valence-corrected chi connectivity index (χ3v) is 6.35. The highest BCUT2D eigenvalue weighted by atomic mass is 35.5. The molecule has 0 radical (unpaired) electrons. The molecule has 1 fully saturated rings. The van der Waals surface area contributed by atoms with Crippen molar-refractivity contribution in [2.24, 2.45) is 0 Å². The van der Waals surface area contributed by atoms with Crippen LogP contribution in [0, 0.1) is 0 Å². The van der Waals surface area contributed by atoms with Gasteiger partial charge in [-0.25, -0.2) is 15.0 Å². The largest absolute Gasteiger partial charge is 0.497 e. The molecule has 0 aliphatic carbocycles. The molecule has 0 bridgehead atoms. The number of thioether (sulfide) groups is 1. The Morgan fingerprint density at radius 3 is 2.65 bits per heavy atom. The van der Waals surface area contributed by atoms with Gasteiger partial charge in [-0.2, -0.15) is 0 Å². The van der Waals surface area contributed by atoms with Crippen LogP contribution in [0.15, 0.2) is 48.0 Å². The molecule has 162 valence electrons. The standard InChI is InChI=1S/C22H24ClN5O2S/c1-30-17-5-3-15(4-6-17)14-28-12-9-24-20(28)16-7-10-27(11-8-16)21(29)19-18(23)13-25-22(26-19)31-2/h3-6,9,12-13,16H,7-8,10-11,14H2,1-2H3. The number of ether oxygens (including phenoxy) is 1. The summed E-state index contributed by atoms with van der Waals surface area (Å²) in [5.41, 5.74) is 1.47. The summed E-state index contributed by atoms with van der Waals surface area (Å²) in [5.74, 6) is 2.08. The molecule has 0 N–H and O–H groups in total. The SMILES string of the molecule is COc1ccc(Cn2ccnc2C2CCN(C(=O)c3nc(SC)ncc3Cl)CC2)cc1. The van der Waals surface area contributed by atoms with E-state index in [-0.39, 0.29) is 11.6 Å². The van der Waals surface area contributed by atoms with Crippen LogP contribution in [0.1, 0.15) is 40.6 Å². The highest BCUT2D eigenvalue weighted by Crippen LogP contribution is 2.29. The molecular formula is C22H24ClN5O2S. The summed E-state index contributed by atoms with van der Waals surface area (Å²) in [4.78, 5) is 27.8. The van der Waals surface area contributed by atoms with Gasteiger partial charge in [0.05, 0.1) is 18.3 Å². The van der Waals surface area contributed by atoms with Crippen molar-refractivity contribution in [3.8, 4) is 5.75 Å². The summed E-state index contributed by atoms with van der Waals surface area (Å²) >= 11 is 7.58. The Labute approximate surface area is 190 Å². The molecule has 0 saturated carbocycles. The van der Waals surface area contributed by atoms with Crippen LogP contribution in [0.5, 0.6) is 5.75 Å². The van der Waals surface area contributed by atoms with Crippen molar-refractivity contribution in [3.05, 3.63) is 65.0 Å². The number of methoxy groups -OCH3 is 1. The number of hydrogen-bond donors (Lipinski definition) is 0. The predicted molar refractivity (Wildman–Crippen MR) is 121 cm³/mol. The van der Waals surface area contributed by atoms with Gasteiger partial charge in [0.2, 0.25) is 0 Å². The van der Waals surface area contributed by atoms with Crippen LogP contribution in [0.4, 0.5) is 0 Å². The second kappa shape index (κ2) is 9.70. The predicted octanol–water partition coefficient (Wildman–Crippen LogP) is 4.13. The Morgan fingerprint density at radius 1 is 1.23 bits per heavy atom. The fraction of sp³-hybridized carbons (Fsp3) is 0.364. The van der Waals surface area contributed by atoms with Crippen LogP contribution in [0.2, 0.25) is 5.02 Å². The minimum Gasteiger partial charge on any atom is -0.497 e. The third-order valence-electron chi connectivity index (χ3n) is 5.51. The first-order valence-electron chi connectivity index (χ1n) is 10.1. The molecule has 2 aromatic heterocycles. The first-order valence-corrected chi connectivity index (χ1v) is 11.7. The smallest absolute Gasteiger partial charge is 0.274 e. The highest BCUT2D eigenvalue weighted by Gasteiger charge is 2.28. The molecule has 1 saturated heterocycles. The summed E-state index contributed by atoms with van der Waals surface area (Å²) in [7, 11) is 1.67. The lowest BCUT2D eigenvalue weighted by Gasteiger charge is -2.32. The van der Waals surface area contributed by atoms with Crippen molar-refractivity contribution in [3.63, 3.8) is 0 Å². The van der Waals surface area contributed by atoms with E-state index in [1.54, 1.807) is 7.11 Å². The molecule has 7 nitrogen and oxygen atoms in total. The Morgan fingerprint density at radius 2 is 1.97 bits per heavy atom. The second-order valence-corrected chi connectivity index (χ2v) is 8.56. The van der Waals surface area contributed by atoms with E-state index in [4.69, 9.17) is 16.3 Å². The fourth-order valence-corrected chi connectivity index (χ4v) is 4.34. The van der Waals surface area contributed by atoms with E-state index < -0.39 is 0 Å². The Balaban J connectivity index is 1.41. The van der Waals surface area contributed by atoms with E-state index >= 15 is 0 Å². The molecule has 0 unspecified atom stereocenters. The first kappa shape index (κ1) is 21.6. The average molecular weight is 458 g/mol. The Kier molecular flexibility index (Phi) is 6.77. The number of benzene rings is 1. The van der Waals surface area contributed by atoms with Gasteiger partial charge in [0, 0.05) is 37.9 Å². The van der Waals surface area contributed by atoms with Crippen LogP contribution >= 0.6 is 23.4 Å². The van der Waals surface area contributed by atoms with Gasteiger partial charge in [-0.1, -0.05) is 35.5 Å². The van der Waals surface area contributed by atoms with Crippen molar-refractivity contribution in [2.75, 3.05) is 26.5 Å². The number of imidazole rings is 1. The molecule has 9 heteroatoms. The fourth-order valence-electron chi connectivity index (χ4n) is 3.83. The quantitative estimate of drug-likeness (QED) is 0.409. The number of halogens is 1. The molecule has 1 aliphatic rings. The van der Waals surface area contributed by atoms with Crippen molar-refractivity contribution in [1.29, 1.82) is 0 Å². The summed E-state index contributed by atoms with van der Waals surface area (Å²) in [6, 6.07) is 8.07. The second-order valence-electron chi connectivity index (χ2n) is 7.38. The number of rotatable bonds is 6. The number of amides is 1. The zero-order valence-electron chi connectivity index (χ0n) is 17.5. The lowest BCUT2D eigenvalue weighted by molar-refractivity contribution is 0.0703. The van der Waals surface area contributed by atoms with Gasteiger partial charge < -0.3 is 14.2 Å². The van der Waals surface area contributed by atoms with E-state index in [1.165, 1.54) is 23.5 Å². The van der Waals surface area contributed by atoms with Gasteiger partial charge in [0.25, 0.3) is 5.91 Å². The van der Waals surface area contributed by atoms with Crippen molar-refractivity contribution in [1.82, 2.24) is 24.4 Å². The number of likely N-dealkylation sites (tertiary alicyclic amines) is 1. The molecule has 1 amide bonds. The maximum Gasteiger partial charge on any atom is 0.274 e. The number of nitrogens with zero attached hydrogens (tertiary/aromatic N) is 5.